The van der Waals surface area contributed by atoms with Gasteiger partial charge in [0.25, 0.3) is 0 Å². The van der Waals surface area contributed by atoms with Crippen molar-refractivity contribution in [1.29, 1.82) is 0 Å². The normalized spacial score (nSPS) is 28.1. The molecule has 108 valence electrons. The van der Waals surface area contributed by atoms with Gasteiger partial charge in [-0.1, -0.05) is 0 Å². The first kappa shape index (κ1) is 16.0. The third-order valence-electron chi connectivity index (χ3n) is 3.83. The number of hydrogen-bond donors (Lipinski definition) is 0. The van der Waals surface area contributed by atoms with Gasteiger partial charge in [0.1, 0.15) is 11.1 Å². The van der Waals surface area contributed by atoms with Gasteiger partial charge in [-0.15, -0.1) is 12.3 Å². The van der Waals surface area contributed by atoms with Crippen molar-refractivity contribution in [1.82, 2.24) is 4.90 Å². The number of esters is 1. The van der Waals surface area contributed by atoms with Crippen molar-refractivity contribution in [2.45, 2.75) is 64.5 Å². The number of rotatable bonds is 4. The summed E-state index contributed by atoms with van der Waals surface area (Å²) >= 11 is 0. The van der Waals surface area contributed by atoms with Gasteiger partial charge in [-0.05, 0) is 59.9 Å². The molecule has 2 atom stereocenters. The molecule has 1 rings (SSSR count). The van der Waals surface area contributed by atoms with E-state index in [2.05, 4.69) is 10.8 Å². The Morgan fingerprint density at radius 3 is 2.68 bits per heavy atom. The largest absolute Gasteiger partial charge is 0.459 e. The molecule has 0 saturated carbocycles. The second-order valence-corrected chi connectivity index (χ2v) is 6.82. The van der Waals surface area contributed by atoms with Crippen molar-refractivity contribution >= 4 is 5.97 Å². The number of nitrogens with zero attached hydrogens (tertiary/aromatic N) is 1. The van der Waals surface area contributed by atoms with Crippen LogP contribution in [0, 0.1) is 18.3 Å². The second kappa shape index (κ2) is 5.96. The third kappa shape index (κ3) is 4.24. The molecule has 1 heterocycles. The van der Waals surface area contributed by atoms with Crippen LogP contribution in [0.4, 0.5) is 0 Å². The lowest BCUT2D eigenvalue weighted by molar-refractivity contribution is -0.166. The summed E-state index contributed by atoms with van der Waals surface area (Å²) in [4.78, 5) is 14.5. The Balaban J connectivity index is 2.62. The smallest absolute Gasteiger partial charge is 0.326 e. The fourth-order valence-electron chi connectivity index (χ4n) is 2.68. The summed E-state index contributed by atoms with van der Waals surface area (Å²) in [6.07, 6.45) is 9.10. The van der Waals surface area contributed by atoms with E-state index in [9.17, 15) is 4.79 Å². The summed E-state index contributed by atoms with van der Waals surface area (Å²) in [5.74, 6) is 3.10. The molecular weight excluding hydrogens is 238 g/mol. The van der Waals surface area contributed by atoms with E-state index >= 15 is 0 Å². The van der Waals surface area contributed by atoms with Crippen LogP contribution in [0.3, 0.4) is 0 Å². The predicted octanol–water partition coefficient (Wildman–Crippen LogP) is 2.84. The quantitative estimate of drug-likeness (QED) is 0.445. The number of likely N-dealkylation sites (tertiary alicyclic amines) is 1. The van der Waals surface area contributed by atoms with Gasteiger partial charge < -0.3 is 4.74 Å². The average Bonchev–Trinajstić information content (AvgIpc) is 2.54. The molecule has 1 aliphatic rings. The van der Waals surface area contributed by atoms with E-state index in [1.807, 2.05) is 34.7 Å². The van der Waals surface area contributed by atoms with E-state index in [-0.39, 0.29) is 5.97 Å². The maximum absolute atomic E-state index is 12.4. The van der Waals surface area contributed by atoms with E-state index < -0.39 is 11.1 Å². The molecule has 0 aromatic rings. The average molecular weight is 265 g/mol. The fraction of sp³-hybridized carbons (Fsp3) is 0.812. The van der Waals surface area contributed by atoms with Gasteiger partial charge in [0.2, 0.25) is 0 Å². The molecule has 3 nitrogen and oxygen atoms in total. The SMILES string of the molecule is C#CCCCC1CN(C)C(C)(C(=O)OC(C)(C)C)C1. The molecule has 0 amide bonds. The van der Waals surface area contributed by atoms with Gasteiger partial charge >= 0.3 is 5.97 Å². The zero-order valence-corrected chi connectivity index (χ0v) is 13.0. The molecule has 0 spiro atoms. The Bertz CT molecular complexity index is 364. The van der Waals surface area contributed by atoms with Crippen LogP contribution in [-0.4, -0.2) is 35.6 Å². The number of carbonyl (C=O) groups is 1. The summed E-state index contributed by atoms with van der Waals surface area (Å²) in [6, 6.07) is 0. The predicted molar refractivity (Wildman–Crippen MR) is 77.7 cm³/mol. The lowest BCUT2D eigenvalue weighted by atomic mass is 9.91. The molecule has 19 heavy (non-hydrogen) atoms. The monoisotopic (exact) mass is 265 g/mol. The number of unbranched alkanes of at least 4 members (excludes halogenated alkanes) is 1. The Labute approximate surface area is 117 Å². The van der Waals surface area contributed by atoms with Crippen LogP contribution in [0.5, 0.6) is 0 Å². The second-order valence-electron chi connectivity index (χ2n) is 6.82. The van der Waals surface area contributed by atoms with Crippen LogP contribution in [0.1, 0.15) is 53.4 Å². The third-order valence-corrected chi connectivity index (χ3v) is 3.83. The summed E-state index contributed by atoms with van der Waals surface area (Å²) in [7, 11) is 2.01. The first-order chi connectivity index (χ1) is 8.69. The van der Waals surface area contributed by atoms with Crippen LogP contribution in [0.15, 0.2) is 0 Å². The molecule has 0 bridgehead atoms. The highest BCUT2D eigenvalue weighted by Gasteiger charge is 2.47. The number of terminal acetylenes is 1. The van der Waals surface area contributed by atoms with Crippen molar-refractivity contribution in [2.24, 2.45) is 5.92 Å². The Hall–Kier alpha value is -1.01. The highest BCUT2D eigenvalue weighted by Crippen LogP contribution is 2.36. The molecule has 1 saturated heterocycles. The zero-order chi connectivity index (χ0) is 14.7. The molecule has 0 aromatic carbocycles. The van der Waals surface area contributed by atoms with E-state index in [1.54, 1.807) is 0 Å². The fourth-order valence-corrected chi connectivity index (χ4v) is 2.68. The topological polar surface area (TPSA) is 29.5 Å². The Kier molecular flexibility index (Phi) is 5.04. The van der Waals surface area contributed by atoms with Crippen molar-refractivity contribution in [3.8, 4) is 12.3 Å². The lowest BCUT2D eigenvalue weighted by Crippen LogP contribution is -2.48. The van der Waals surface area contributed by atoms with Gasteiger partial charge in [-0.3, -0.25) is 9.69 Å². The number of likely N-dealkylation sites (N-methyl/N-ethyl adjacent to an activating group) is 1. The van der Waals surface area contributed by atoms with Crippen LogP contribution in [0.25, 0.3) is 0 Å². The highest BCUT2D eigenvalue weighted by atomic mass is 16.6. The van der Waals surface area contributed by atoms with E-state index in [0.29, 0.717) is 5.92 Å². The van der Waals surface area contributed by atoms with Crippen LogP contribution in [0.2, 0.25) is 0 Å². The minimum Gasteiger partial charge on any atom is -0.459 e. The van der Waals surface area contributed by atoms with Gasteiger partial charge in [-0.25, -0.2) is 0 Å². The van der Waals surface area contributed by atoms with E-state index in [0.717, 1.165) is 32.2 Å². The van der Waals surface area contributed by atoms with Crippen molar-refractivity contribution < 1.29 is 9.53 Å². The Morgan fingerprint density at radius 2 is 2.16 bits per heavy atom. The first-order valence-corrected chi connectivity index (χ1v) is 7.07. The molecule has 3 heteroatoms. The summed E-state index contributed by atoms with van der Waals surface area (Å²) in [5.41, 5.74) is -0.920. The maximum atomic E-state index is 12.4. The highest BCUT2D eigenvalue weighted by molar-refractivity contribution is 5.81. The van der Waals surface area contributed by atoms with Gasteiger partial charge in [0.15, 0.2) is 0 Å². The molecule has 0 aliphatic carbocycles. The summed E-state index contributed by atoms with van der Waals surface area (Å²) in [6.45, 7) is 8.66. The maximum Gasteiger partial charge on any atom is 0.326 e. The van der Waals surface area contributed by atoms with Crippen molar-refractivity contribution in [3.63, 3.8) is 0 Å². The van der Waals surface area contributed by atoms with Crippen LogP contribution >= 0.6 is 0 Å². The summed E-state index contributed by atoms with van der Waals surface area (Å²) in [5, 5.41) is 0. The number of ether oxygens (including phenoxy) is 1. The minimum atomic E-state index is -0.492. The van der Waals surface area contributed by atoms with Crippen LogP contribution in [-0.2, 0) is 9.53 Å². The standard InChI is InChI=1S/C16H27NO2/c1-7-8-9-10-13-11-16(5,17(6)12-13)14(18)19-15(2,3)4/h1,13H,8-12H2,2-6H3. The van der Waals surface area contributed by atoms with Gasteiger partial charge in [-0.2, -0.15) is 0 Å². The number of carbonyl (C=O) groups excluding carboxylic acids is 1. The van der Waals surface area contributed by atoms with Crippen molar-refractivity contribution in [2.75, 3.05) is 13.6 Å². The molecule has 1 aliphatic heterocycles. The Morgan fingerprint density at radius 1 is 1.53 bits per heavy atom. The zero-order valence-electron chi connectivity index (χ0n) is 13.0. The van der Waals surface area contributed by atoms with Gasteiger partial charge in [0, 0.05) is 13.0 Å². The molecule has 0 aromatic heterocycles. The van der Waals surface area contributed by atoms with E-state index in [4.69, 9.17) is 11.2 Å². The number of hydrogen-bond acceptors (Lipinski definition) is 3. The van der Waals surface area contributed by atoms with Crippen LogP contribution < -0.4 is 0 Å². The van der Waals surface area contributed by atoms with Crippen molar-refractivity contribution in [3.05, 3.63) is 0 Å². The summed E-state index contributed by atoms with van der Waals surface area (Å²) < 4.78 is 5.56. The molecule has 0 radical (unpaired) electrons. The first-order valence-electron chi connectivity index (χ1n) is 7.07. The lowest BCUT2D eigenvalue weighted by Gasteiger charge is -2.33. The molecule has 1 fully saturated rings. The van der Waals surface area contributed by atoms with E-state index in [1.165, 1.54) is 0 Å². The van der Waals surface area contributed by atoms with Gasteiger partial charge in [0.05, 0.1) is 0 Å². The molecular formula is C16H27NO2. The molecule has 2 unspecified atom stereocenters. The molecule has 0 N–H and O–H groups in total. The minimum absolute atomic E-state index is 0.109.